The summed E-state index contributed by atoms with van der Waals surface area (Å²) in [6.45, 7) is 1.39. The molecule has 1 aromatic rings. The normalized spacial score (nSPS) is 33.1. The predicted molar refractivity (Wildman–Crippen MR) is 89.2 cm³/mol. The highest BCUT2D eigenvalue weighted by atomic mass is 32.2. The maximum atomic E-state index is 12.8. The third-order valence-corrected chi connectivity index (χ3v) is 7.82. The molecular weight excluding hydrogens is 326 g/mol. The van der Waals surface area contributed by atoms with Crippen LogP contribution in [-0.4, -0.2) is 25.9 Å². The summed E-state index contributed by atoms with van der Waals surface area (Å²) in [5, 5.41) is 2.60. The third-order valence-electron chi connectivity index (χ3n) is 6.19. The SMILES string of the molecule is CC(=O)Nc1ccc(S(=O)(=O)CC(=O)C23CC4CC(C2)C3C4)cc1. The fourth-order valence-corrected chi connectivity index (χ4v) is 6.65. The van der Waals surface area contributed by atoms with Crippen molar-refractivity contribution in [1.82, 2.24) is 0 Å². The number of hydrogen-bond donors (Lipinski definition) is 1. The van der Waals surface area contributed by atoms with Gasteiger partial charge in [0, 0.05) is 18.0 Å². The van der Waals surface area contributed by atoms with E-state index in [0.717, 1.165) is 19.3 Å². The van der Waals surface area contributed by atoms with Crippen LogP contribution in [0.3, 0.4) is 0 Å². The molecule has 1 N–H and O–H groups in total. The summed E-state index contributed by atoms with van der Waals surface area (Å²) in [6.07, 6.45) is 4.13. The van der Waals surface area contributed by atoms with Crippen LogP contribution in [-0.2, 0) is 19.4 Å². The number of benzene rings is 1. The summed E-state index contributed by atoms with van der Waals surface area (Å²) >= 11 is 0. The van der Waals surface area contributed by atoms with Gasteiger partial charge < -0.3 is 5.32 Å². The van der Waals surface area contributed by atoms with E-state index in [-0.39, 0.29) is 22.0 Å². The van der Waals surface area contributed by atoms with Gasteiger partial charge in [-0.1, -0.05) is 0 Å². The van der Waals surface area contributed by atoms with Crippen LogP contribution < -0.4 is 5.32 Å². The Morgan fingerprint density at radius 1 is 1.17 bits per heavy atom. The summed E-state index contributed by atoms with van der Waals surface area (Å²) in [7, 11) is -3.63. The van der Waals surface area contributed by atoms with Crippen molar-refractivity contribution in [3.8, 4) is 0 Å². The van der Waals surface area contributed by atoms with Gasteiger partial charge in [0.25, 0.3) is 0 Å². The lowest BCUT2D eigenvalue weighted by Crippen LogP contribution is -2.52. The van der Waals surface area contributed by atoms with E-state index in [9.17, 15) is 18.0 Å². The highest BCUT2D eigenvalue weighted by molar-refractivity contribution is 7.92. The lowest BCUT2D eigenvalue weighted by Gasteiger charge is -2.52. The van der Waals surface area contributed by atoms with E-state index in [0.29, 0.717) is 23.4 Å². The van der Waals surface area contributed by atoms with Crippen LogP contribution >= 0.6 is 0 Å². The molecule has 0 aliphatic heterocycles. The molecule has 1 amide bonds. The van der Waals surface area contributed by atoms with E-state index in [2.05, 4.69) is 5.32 Å². The average molecular weight is 347 g/mol. The maximum absolute atomic E-state index is 12.8. The third kappa shape index (κ3) is 2.31. The quantitative estimate of drug-likeness (QED) is 0.887. The monoisotopic (exact) mass is 347 g/mol. The molecule has 4 unspecified atom stereocenters. The summed E-state index contributed by atoms with van der Waals surface area (Å²) in [5.41, 5.74) is 0.206. The molecule has 0 heterocycles. The highest BCUT2D eigenvalue weighted by Crippen LogP contribution is 2.71. The van der Waals surface area contributed by atoms with E-state index >= 15 is 0 Å². The lowest BCUT2D eigenvalue weighted by atomic mass is 9.51. The Morgan fingerprint density at radius 2 is 1.88 bits per heavy atom. The Labute approximate surface area is 141 Å². The summed E-state index contributed by atoms with van der Waals surface area (Å²) in [6, 6.07) is 6.01. The Hall–Kier alpha value is -1.69. The average Bonchev–Trinajstić information content (AvgIpc) is 2.98. The lowest BCUT2D eigenvalue weighted by molar-refractivity contribution is -0.143. The number of rotatable bonds is 5. The Kier molecular flexibility index (Phi) is 3.39. The van der Waals surface area contributed by atoms with Crippen molar-refractivity contribution >= 4 is 27.2 Å². The fourth-order valence-electron chi connectivity index (χ4n) is 5.30. The molecule has 0 radical (unpaired) electrons. The van der Waals surface area contributed by atoms with E-state index in [4.69, 9.17) is 0 Å². The number of nitrogens with one attached hydrogen (secondary N) is 1. The molecule has 3 aliphatic carbocycles. The number of anilines is 1. The van der Waals surface area contributed by atoms with Crippen molar-refractivity contribution in [2.24, 2.45) is 23.2 Å². The molecule has 128 valence electrons. The molecule has 3 aliphatic rings. The molecule has 3 saturated carbocycles. The van der Waals surface area contributed by atoms with Crippen LogP contribution in [0.4, 0.5) is 5.69 Å². The zero-order valence-electron chi connectivity index (χ0n) is 13.6. The molecule has 24 heavy (non-hydrogen) atoms. The molecule has 4 rings (SSSR count). The van der Waals surface area contributed by atoms with Gasteiger partial charge in [-0.05, 0) is 67.7 Å². The predicted octanol–water partition coefficient (Wildman–Crippen LogP) is 2.42. The highest BCUT2D eigenvalue weighted by Gasteiger charge is 2.67. The number of sulfone groups is 1. The maximum Gasteiger partial charge on any atom is 0.221 e. The van der Waals surface area contributed by atoms with Crippen LogP contribution in [0, 0.1) is 23.2 Å². The van der Waals surface area contributed by atoms with Gasteiger partial charge in [-0.3, -0.25) is 9.59 Å². The van der Waals surface area contributed by atoms with Crippen molar-refractivity contribution in [2.75, 3.05) is 11.1 Å². The first-order valence-electron chi connectivity index (χ1n) is 8.44. The molecule has 6 heteroatoms. The second kappa shape index (κ2) is 5.15. The molecule has 0 aromatic heterocycles. The zero-order valence-corrected chi connectivity index (χ0v) is 14.4. The topological polar surface area (TPSA) is 80.3 Å². The number of carbonyl (C=O) groups is 2. The summed E-state index contributed by atoms with van der Waals surface area (Å²) in [5.74, 6) is 1.03. The molecular formula is C18H21NO4S. The fraction of sp³-hybridized carbons (Fsp3) is 0.556. The van der Waals surface area contributed by atoms with Gasteiger partial charge in [-0.2, -0.15) is 0 Å². The first-order chi connectivity index (χ1) is 11.3. The number of hydrogen-bond acceptors (Lipinski definition) is 4. The molecule has 2 bridgehead atoms. The first-order valence-corrected chi connectivity index (χ1v) is 10.1. The van der Waals surface area contributed by atoms with Crippen LogP contribution in [0.2, 0.25) is 0 Å². The van der Waals surface area contributed by atoms with Gasteiger partial charge in [0.15, 0.2) is 15.6 Å². The van der Waals surface area contributed by atoms with Gasteiger partial charge in [0.05, 0.1) is 4.90 Å². The molecule has 0 spiro atoms. The minimum atomic E-state index is -3.63. The zero-order chi connectivity index (χ0) is 17.1. The molecule has 5 nitrogen and oxygen atoms in total. The Balaban J connectivity index is 1.49. The van der Waals surface area contributed by atoms with Crippen LogP contribution in [0.25, 0.3) is 0 Å². The van der Waals surface area contributed by atoms with E-state index in [1.807, 2.05) is 0 Å². The molecule has 1 aromatic carbocycles. The minimum absolute atomic E-state index is 0.0862. The van der Waals surface area contributed by atoms with Crippen molar-refractivity contribution in [2.45, 2.75) is 37.5 Å². The second-order valence-corrected chi connectivity index (χ2v) is 9.65. The van der Waals surface area contributed by atoms with E-state index < -0.39 is 15.6 Å². The van der Waals surface area contributed by atoms with Crippen molar-refractivity contribution in [1.29, 1.82) is 0 Å². The van der Waals surface area contributed by atoms with Crippen LogP contribution in [0.5, 0.6) is 0 Å². The number of Topliss-reactive ketones (excluding diaryl/α,β-unsaturated/α-hetero) is 1. The van der Waals surface area contributed by atoms with Crippen LogP contribution in [0.1, 0.15) is 32.6 Å². The number of amides is 1. The first kappa shape index (κ1) is 15.8. The second-order valence-electron chi connectivity index (χ2n) is 7.66. The number of carbonyl (C=O) groups excluding carboxylic acids is 2. The van der Waals surface area contributed by atoms with Gasteiger partial charge >= 0.3 is 0 Å². The minimum Gasteiger partial charge on any atom is -0.326 e. The van der Waals surface area contributed by atoms with Gasteiger partial charge in [-0.15, -0.1) is 0 Å². The van der Waals surface area contributed by atoms with Gasteiger partial charge in [0.2, 0.25) is 5.91 Å². The largest absolute Gasteiger partial charge is 0.326 e. The van der Waals surface area contributed by atoms with Crippen molar-refractivity contribution < 1.29 is 18.0 Å². The summed E-state index contributed by atoms with van der Waals surface area (Å²) < 4.78 is 25.2. The summed E-state index contributed by atoms with van der Waals surface area (Å²) in [4.78, 5) is 23.9. The van der Waals surface area contributed by atoms with Gasteiger partial charge in [0.1, 0.15) is 5.75 Å². The van der Waals surface area contributed by atoms with Gasteiger partial charge in [-0.25, -0.2) is 8.42 Å². The number of fused-ring (bicyclic) bond motifs is 1. The molecule has 4 atom stereocenters. The molecule has 0 saturated heterocycles. The van der Waals surface area contributed by atoms with E-state index in [1.165, 1.54) is 25.5 Å². The van der Waals surface area contributed by atoms with Crippen molar-refractivity contribution in [3.05, 3.63) is 24.3 Å². The Bertz CT molecular complexity index is 814. The molecule has 3 fully saturated rings. The number of ketones is 1. The Morgan fingerprint density at radius 3 is 2.42 bits per heavy atom. The van der Waals surface area contributed by atoms with Crippen LogP contribution in [0.15, 0.2) is 29.2 Å². The standard InChI is InChI=1S/C18H21NO4S/c1-11(20)19-14-2-4-15(5-3-14)24(22,23)10-17(21)18-8-12-6-13(9-18)16(18)7-12/h2-5,12-13,16H,6-10H2,1H3,(H,19,20). The van der Waals surface area contributed by atoms with Crippen molar-refractivity contribution in [3.63, 3.8) is 0 Å². The van der Waals surface area contributed by atoms with E-state index in [1.54, 1.807) is 12.1 Å². The smallest absolute Gasteiger partial charge is 0.221 e.